The predicted molar refractivity (Wildman–Crippen MR) is 194 cm³/mol. The molecule has 1 saturated heterocycles. The number of nitrogens with one attached hydrogen (secondary N) is 2. The van der Waals surface area contributed by atoms with Gasteiger partial charge in [-0.3, -0.25) is 4.90 Å². The van der Waals surface area contributed by atoms with Crippen LogP contribution in [0.2, 0.25) is 0 Å². The second kappa shape index (κ2) is 14.5. The van der Waals surface area contributed by atoms with Gasteiger partial charge >= 0.3 is 0 Å². The van der Waals surface area contributed by atoms with E-state index in [0.717, 1.165) is 85.9 Å². The molecule has 2 aliphatic carbocycles. The van der Waals surface area contributed by atoms with E-state index in [1.165, 1.54) is 18.0 Å². The SMILES string of the molecule is CN1CCN(Cc2ccc(C#Cc3cnc(Nc4ccnc(-c5cnn(S(=O)(=O)C6CC6)c5)n4)cc3NC[C@H]3CC[C@](C)(O)CC3)cc2)CC1. The predicted octanol–water partition coefficient (Wildman–Crippen LogP) is 4.32. The van der Waals surface area contributed by atoms with Gasteiger partial charge in [0.05, 0.1) is 40.1 Å². The minimum Gasteiger partial charge on any atom is -0.390 e. The number of pyridine rings is 1. The van der Waals surface area contributed by atoms with Crippen LogP contribution in [-0.4, -0.2) is 98.1 Å². The number of aromatic nitrogens is 5. The van der Waals surface area contributed by atoms with Gasteiger partial charge in [-0.25, -0.2) is 23.4 Å². The first-order valence-corrected chi connectivity index (χ1v) is 19.0. The maximum atomic E-state index is 12.6. The number of nitrogens with zero attached hydrogens (tertiary/aromatic N) is 7. The molecule has 3 aliphatic rings. The van der Waals surface area contributed by atoms with E-state index in [1.807, 2.05) is 13.0 Å². The molecule has 7 rings (SSSR count). The van der Waals surface area contributed by atoms with E-state index in [1.54, 1.807) is 18.5 Å². The molecule has 0 atom stereocenters. The highest BCUT2D eigenvalue weighted by Crippen LogP contribution is 2.33. The van der Waals surface area contributed by atoms with E-state index < -0.39 is 15.6 Å². The van der Waals surface area contributed by atoms with Crippen molar-refractivity contribution in [2.24, 2.45) is 5.92 Å². The molecule has 50 heavy (non-hydrogen) atoms. The van der Waals surface area contributed by atoms with Crippen molar-refractivity contribution in [3.05, 3.63) is 77.9 Å². The molecule has 0 unspecified atom stereocenters. The molecule has 4 heterocycles. The second-order valence-electron chi connectivity index (χ2n) is 14.2. The van der Waals surface area contributed by atoms with Gasteiger partial charge in [0.2, 0.25) is 0 Å². The van der Waals surface area contributed by atoms with E-state index in [-0.39, 0.29) is 5.25 Å². The first kappa shape index (κ1) is 34.1. The molecular weight excluding hydrogens is 651 g/mol. The summed E-state index contributed by atoms with van der Waals surface area (Å²) in [5.41, 5.74) is 3.80. The van der Waals surface area contributed by atoms with Crippen LogP contribution in [0.1, 0.15) is 62.1 Å². The van der Waals surface area contributed by atoms with Crippen molar-refractivity contribution in [3.63, 3.8) is 0 Å². The van der Waals surface area contributed by atoms with Gasteiger partial charge in [-0.1, -0.05) is 24.0 Å². The zero-order valence-corrected chi connectivity index (χ0v) is 29.5. The summed E-state index contributed by atoms with van der Waals surface area (Å²) in [6.07, 6.45) is 11.1. The summed E-state index contributed by atoms with van der Waals surface area (Å²) >= 11 is 0. The molecule has 4 aromatic rings. The number of aliphatic hydroxyl groups is 1. The fourth-order valence-corrected chi connectivity index (χ4v) is 7.88. The van der Waals surface area contributed by atoms with Crippen molar-refractivity contribution in [2.45, 2.75) is 62.8 Å². The lowest BCUT2D eigenvalue weighted by molar-refractivity contribution is 0.00976. The zero-order valence-electron chi connectivity index (χ0n) is 28.7. The normalized spacial score (nSPS) is 21.7. The molecule has 12 nitrogen and oxygen atoms in total. The molecule has 2 saturated carbocycles. The Morgan fingerprint density at radius 3 is 2.46 bits per heavy atom. The van der Waals surface area contributed by atoms with Crippen LogP contribution in [0.15, 0.2) is 61.2 Å². The van der Waals surface area contributed by atoms with Crippen molar-refractivity contribution >= 4 is 27.3 Å². The first-order chi connectivity index (χ1) is 24.1. The standard InChI is InChI=1S/C37H45N9O3S/c1-37(47)14-11-28(12-15-37)22-39-33-21-35(42-34-13-16-38-36(43-34)31-24-41-46(26-31)50(48,49)32-9-10-32)40-23-30(33)8-7-27-3-5-29(6-4-27)25-45-19-17-44(2)18-20-45/h3-6,13,16,21,23-24,26,28,32,47H,9-12,14-15,17-20,22,25H2,1-2H3,(H2,38,39,40,42,43)/t28-,37-. The number of hydrogen-bond acceptors (Lipinski definition) is 11. The van der Waals surface area contributed by atoms with Crippen LogP contribution in [0, 0.1) is 17.8 Å². The zero-order chi connectivity index (χ0) is 34.7. The van der Waals surface area contributed by atoms with Crippen LogP contribution in [0.4, 0.5) is 17.3 Å². The van der Waals surface area contributed by atoms with Crippen LogP contribution >= 0.6 is 0 Å². The fourth-order valence-electron chi connectivity index (χ4n) is 6.40. The van der Waals surface area contributed by atoms with Gasteiger partial charge < -0.3 is 20.6 Å². The number of hydrogen-bond donors (Lipinski definition) is 3. The average molecular weight is 696 g/mol. The minimum absolute atomic E-state index is 0.357. The third kappa shape index (κ3) is 8.50. The third-order valence-corrected chi connectivity index (χ3v) is 11.9. The van der Waals surface area contributed by atoms with Gasteiger partial charge in [0.15, 0.2) is 5.82 Å². The van der Waals surface area contributed by atoms with Gasteiger partial charge in [-0.2, -0.15) is 9.19 Å². The van der Waals surface area contributed by atoms with Crippen molar-refractivity contribution in [2.75, 3.05) is 50.4 Å². The summed E-state index contributed by atoms with van der Waals surface area (Å²) in [4.78, 5) is 18.5. The molecule has 0 spiro atoms. The van der Waals surface area contributed by atoms with Gasteiger partial charge in [0.1, 0.15) is 11.6 Å². The Bertz CT molecular complexity index is 1960. The van der Waals surface area contributed by atoms with E-state index in [9.17, 15) is 13.5 Å². The maximum absolute atomic E-state index is 12.6. The van der Waals surface area contributed by atoms with E-state index in [0.29, 0.717) is 41.8 Å². The molecule has 3 N–H and O–H groups in total. The Labute approximate surface area is 294 Å². The van der Waals surface area contributed by atoms with E-state index in [2.05, 4.69) is 83.6 Å². The molecule has 3 aromatic heterocycles. The quantitative estimate of drug-likeness (QED) is 0.204. The highest BCUT2D eigenvalue weighted by atomic mass is 32.2. The molecular formula is C37H45N9O3S. The summed E-state index contributed by atoms with van der Waals surface area (Å²) in [7, 11) is -1.31. The average Bonchev–Trinajstić information content (AvgIpc) is 3.86. The van der Waals surface area contributed by atoms with Gasteiger partial charge in [0, 0.05) is 63.3 Å². The summed E-state index contributed by atoms with van der Waals surface area (Å²) in [5.74, 6) is 8.56. The Morgan fingerprint density at radius 2 is 1.72 bits per heavy atom. The fraction of sp³-hybridized carbons (Fsp3) is 0.459. The highest BCUT2D eigenvalue weighted by Gasteiger charge is 2.37. The van der Waals surface area contributed by atoms with Crippen LogP contribution in [0.5, 0.6) is 0 Å². The highest BCUT2D eigenvalue weighted by molar-refractivity contribution is 7.90. The van der Waals surface area contributed by atoms with Gasteiger partial charge in [0.25, 0.3) is 10.0 Å². The monoisotopic (exact) mass is 695 g/mol. The molecule has 1 aromatic carbocycles. The number of likely N-dealkylation sites (N-methyl/N-ethyl adjacent to an activating group) is 1. The number of benzene rings is 1. The molecule has 1 aliphatic heterocycles. The Morgan fingerprint density at radius 1 is 0.960 bits per heavy atom. The van der Waals surface area contributed by atoms with E-state index in [4.69, 9.17) is 0 Å². The molecule has 0 radical (unpaired) electrons. The lowest BCUT2D eigenvalue weighted by Crippen LogP contribution is -2.43. The lowest BCUT2D eigenvalue weighted by atomic mass is 9.80. The number of anilines is 3. The number of rotatable bonds is 10. The van der Waals surface area contributed by atoms with E-state index >= 15 is 0 Å². The van der Waals surface area contributed by atoms with Crippen LogP contribution in [-0.2, 0) is 16.6 Å². The van der Waals surface area contributed by atoms with Crippen LogP contribution in [0.25, 0.3) is 11.4 Å². The van der Waals surface area contributed by atoms with Crippen molar-refractivity contribution in [1.82, 2.24) is 33.9 Å². The smallest absolute Gasteiger partial charge is 0.256 e. The molecule has 3 fully saturated rings. The lowest BCUT2D eigenvalue weighted by Gasteiger charge is -2.33. The molecule has 262 valence electrons. The minimum atomic E-state index is -3.48. The molecule has 13 heteroatoms. The van der Waals surface area contributed by atoms with Crippen molar-refractivity contribution < 1.29 is 13.5 Å². The third-order valence-electron chi connectivity index (χ3n) is 9.90. The summed E-state index contributed by atoms with van der Waals surface area (Å²) in [6, 6.07) is 12.2. The molecule has 0 amide bonds. The Balaban J connectivity index is 1.07. The van der Waals surface area contributed by atoms with Crippen molar-refractivity contribution in [1.29, 1.82) is 0 Å². The van der Waals surface area contributed by atoms with Crippen LogP contribution < -0.4 is 10.6 Å². The largest absolute Gasteiger partial charge is 0.390 e. The Kier molecular flexibility index (Phi) is 9.88. The summed E-state index contributed by atoms with van der Waals surface area (Å²) in [5, 5.41) is 21.0. The molecule has 0 bridgehead atoms. The number of piperazine rings is 1. The first-order valence-electron chi connectivity index (χ1n) is 17.5. The van der Waals surface area contributed by atoms with Gasteiger partial charge in [-0.15, -0.1) is 0 Å². The second-order valence-corrected chi connectivity index (χ2v) is 16.3. The summed E-state index contributed by atoms with van der Waals surface area (Å²) in [6.45, 7) is 8.01. The van der Waals surface area contributed by atoms with Crippen molar-refractivity contribution in [3.8, 4) is 23.2 Å². The Hall–Kier alpha value is -4.35. The summed E-state index contributed by atoms with van der Waals surface area (Å²) < 4.78 is 26.3. The maximum Gasteiger partial charge on any atom is 0.256 e. The van der Waals surface area contributed by atoms with Gasteiger partial charge in [-0.05, 0) is 82.2 Å². The topological polar surface area (TPSA) is 141 Å². The van der Waals surface area contributed by atoms with Crippen LogP contribution in [0.3, 0.4) is 0 Å².